The molecular formula is C17H36N2. The third kappa shape index (κ3) is 5.83. The molecular weight excluding hydrogens is 232 g/mol. The molecule has 0 aromatic heterocycles. The fourth-order valence-electron chi connectivity index (χ4n) is 3.44. The fourth-order valence-corrected chi connectivity index (χ4v) is 3.44. The minimum Gasteiger partial charge on any atom is -0.314 e. The molecule has 2 unspecified atom stereocenters. The molecule has 2 atom stereocenters. The van der Waals surface area contributed by atoms with E-state index in [0.717, 1.165) is 18.0 Å². The molecule has 0 radical (unpaired) electrons. The summed E-state index contributed by atoms with van der Waals surface area (Å²) in [4.78, 5) is 2.76. The standard InChI is InChI=1S/C17H36N2/c1-5-12-18-16-10-9-11-17(13-16)19(8-4)14-15(6-2)7-3/h15-18H,5-14H2,1-4H3. The van der Waals surface area contributed by atoms with Crippen molar-refractivity contribution in [3.05, 3.63) is 0 Å². The molecule has 0 bridgehead atoms. The van der Waals surface area contributed by atoms with Gasteiger partial charge >= 0.3 is 0 Å². The molecule has 1 aliphatic rings. The topological polar surface area (TPSA) is 15.3 Å². The molecule has 1 saturated carbocycles. The molecule has 2 nitrogen and oxygen atoms in total. The van der Waals surface area contributed by atoms with E-state index in [-0.39, 0.29) is 0 Å². The summed E-state index contributed by atoms with van der Waals surface area (Å²) in [5, 5.41) is 3.73. The van der Waals surface area contributed by atoms with Crippen LogP contribution in [0.3, 0.4) is 0 Å². The first-order valence-electron chi connectivity index (χ1n) is 8.72. The predicted octanol–water partition coefficient (Wildman–Crippen LogP) is 4.06. The number of hydrogen-bond acceptors (Lipinski definition) is 2. The van der Waals surface area contributed by atoms with E-state index in [9.17, 15) is 0 Å². The first-order chi connectivity index (χ1) is 9.24. The Balaban J connectivity index is 2.45. The lowest BCUT2D eigenvalue weighted by Crippen LogP contribution is -2.46. The highest BCUT2D eigenvalue weighted by Crippen LogP contribution is 2.24. The van der Waals surface area contributed by atoms with Gasteiger partial charge < -0.3 is 10.2 Å². The average molecular weight is 268 g/mol. The minimum atomic E-state index is 0.773. The Morgan fingerprint density at radius 3 is 2.42 bits per heavy atom. The highest BCUT2D eigenvalue weighted by atomic mass is 15.2. The van der Waals surface area contributed by atoms with Crippen molar-refractivity contribution in [3.63, 3.8) is 0 Å². The maximum absolute atomic E-state index is 3.73. The van der Waals surface area contributed by atoms with E-state index in [1.807, 2.05) is 0 Å². The van der Waals surface area contributed by atoms with Crippen LogP contribution in [-0.4, -0.2) is 36.6 Å². The van der Waals surface area contributed by atoms with Crippen LogP contribution in [0.1, 0.15) is 72.6 Å². The van der Waals surface area contributed by atoms with Crippen LogP contribution in [0.25, 0.3) is 0 Å². The highest BCUT2D eigenvalue weighted by Gasteiger charge is 2.26. The summed E-state index contributed by atoms with van der Waals surface area (Å²) in [6.45, 7) is 13.0. The monoisotopic (exact) mass is 268 g/mol. The number of rotatable bonds is 9. The highest BCUT2D eigenvalue weighted by molar-refractivity contribution is 4.84. The summed E-state index contributed by atoms with van der Waals surface area (Å²) in [6.07, 6.45) is 9.50. The summed E-state index contributed by atoms with van der Waals surface area (Å²) in [5.41, 5.74) is 0. The second-order valence-electron chi connectivity index (χ2n) is 6.24. The van der Waals surface area contributed by atoms with E-state index < -0.39 is 0 Å². The van der Waals surface area contributed by atoms with Crippen LogP contribution in [0.4, 0.5) is 0 Å². The number of nitrogens with zero attached hydrogens (tertiary/aromatic N) is 1. The van der Waals surface area contributed by atoms with E-state index in [1.165, 1.54) is 64.6 Å². The maximum Gasteiger partial charge on any atom is 0.0110 e. The Bertz CT molecular complexity index is 213. The lowest BCUT2D eigenvalue weighted by atomic mass is 9.89. The predicted molar refractivity (Wildman–Crippen MR) is 85.7 cm³/mol. The molecule has 0 saturated heterocycles. The Morgan fingerprint density at radius 2 is 1.84 bits per heavy atom. The van der Waals surface area contributed by atoms with Crippen LogP contribution >= 0.6 is 0 Å². The van der Waals surface area contributed by atoms with E-state index in [4.69, 9.17) is 0 Å². The second-order valence-corrected chi connectivity index (χ2v) is 6.24. The lowest BCUT2D eigenvalue weighted by Gasteiger charge is -2.39. The zero-order valence-corrected chi connectivity index (χ0v) is 13.8. The van der Waals surface area contributed by atoms with Crippen molar-refractivity contribution in [2.45, 2.75) is 84.7 Å². The summed E-state index contributed by atoms with van der Waals surface area (Å²) >= 11 is 0. The summed E-state index contributed by atoms with van der Waals surface area (Å²) in [5.74, 6) is 0.893. The van der Waals surface area contributed by atoms with Gasteiger partial charge in [0, 0.05) is 18.6 Å². The molecule has 0 amide bonds. The molecule has 1 rings (SSSR count). The average Bonchev–Trinajstić information content (AvgIpc) is 2.47. The van der Waals surface area contributed by atoms with Crippen molar-refractivity contribution >= 4 is 0 Å². The van der Waals surface area contributed by atoms with E-state index >= 15 is 0 Å². The second kappa shape index (κ2) is 9.77. The molecule has 0 aromatic carbocycles. The van der Waals surface area contributed by atoms with Crippen LogP contribution in [0.15, 0.2) is 0 Å². The van der Waals surface area contributed by atoms with E-state index in [1.54, 1.807) is 0 Å². The first kappa shape index (κ1) is 17.0. The summed E-state index contributed by atoms with van der Waals surface area (Å²) in [7, 11) is 0. The van der Waals surface area contributed by atoms with Gasteiger partial charge in [-0.1, -0.05) is 47.0 Å². The van der Waals surface area contributed by atoms with Crippen LogP contribution < -0.4 is 5.32 Å². The molecule has 0 aromatic rings. The van der Waals surface area contributed by atoms with Crippen LogP contribution in [-0.2, 0) is 0 Å². The molecule has 114 valence electrons. The molecule has 0 aliphatic heterocycles. The summed E-state index contributed by atoms with van der Waals surface area (Å²) in [6, 6.07) is 1.60. The smallest absolute Gasteiger partial charge is 0.0110 e. The van der Waals surface area contributed by atoms with Crippen molar-refractivity contribution in [2.24, 2.45) is 5.92 Å². The third-order valence-electron chi connectivity index (χ3n) is 4.90. The molecule has 0 heterocycles. The molecule has 1 N–H and O–H groups in total. The fraction of sp³-hybridized carbons (Fsp3) is 1.00. The van der Waals surface area contributed by atoms with Gasteiger partial charge in [-0.05, 0) is 44.7 Å². The van der Waals surface area contributed by atoms with Gasteiger partial charge in [0.1, 0.15) is 0 Å². The first-order valence-corrected chi connectivity index (χ1v) is 8.72. The molecule has 1 aliphatic carbocycles. The zero-order valence-electron chi connectivity index (χ0n) is 13.8. The largest absolute Gasteiger partial charge is 0.314 e. The Hall–Kier alpha value is -0.0800. The zero-order chi connectivity index (χ0) is 14.1. The van der Waals surface area contributed by atoms with Gasteiger partial charge in [0.15, 0.2) is 0 Å². The van der Waals surface area contributed by atoms with Crippen LogP contribution in [0.2, 0.25) is 0 Å². The van der Waals surface area contributed by atoms with Gasteiger partial charge in [0.05, 0.1) is 0 Å². The molecule has 1 fully saturated rings. The minimum absolute atomic E-state index is 0.773. The van der Waals surface area contributed by atoms with Crippen LogP contribution in [0, 0.1) is 5.92 Å². The van der Waals surface area contributed by atoms with Crippen molar-refractivity contribution in [1.29, 1.82) is 0 Å². The Morgan fingerprint density at radius 1 is 1.11 bits per heavy atom. The molecule has 19 heavy (non-hydrogen) atoms. The van der Waals surface area contributed by atoms with Crippen molar-refractivity contribution in [3.8, 4) is 0 Å². The number of nitrogens with one attached hydrogen (secondary N) is 1. The van der Waals surface area contributed by atoms with Crippen molar-refractivity contribution in [1.82, 2.24) is 10.2 Å². The van der Waals surface area contributed by atoms with Crippen LogP contribution in [0.5, 0.6) is 0 Å². The molecule has 0 spiro atoms. The summed E-state index contributed by atoms with van der Waals surface area (Å²) < 4.78 is 0. The Labute approximate surface area is 121 Å². The van der Waals surface area contributed by atoms with Gasteiger partial charge in [-0.3, -0.25) is 0 Å². The lowest BCUT2D eigenvalue weighted by molar-refractivity contribution is 0.123. The Kier molecular flexibility index (Phi) is 8.72. The normalized spacial score (nSPS) is 24.3. The SMILES string of the molecule is CCCNC1CCCC(N(CC)CC(CC)CC)C1. The quantitative estimate of drug-likeness (QED) is 0.678. The maximum atomic E-state index is 3.73. The van der Waals surface area contributed by atoms with Gasteiger partial charge in [-0.25, -0.2) is 0 Å². The van der Waals surface area contributed by atoms with Gasteiger partial charge in [-0.15, -0.1) is 0 Å². The van der Waals surface area contributed by atoms with E-state index in [0.29, 0.717) is 0 Å². The van der Waals surface area contributed by atoms with Gasteiger partial charge in [-0.2, -0.15) is 0 Å². The van der Waals surface area contributed by atoms with Crippen molar-refractivity contribution < 1.29 is 0 Å². The van der Waals surface area contributed by atoms with Gasteiger partial charge in [0.25, 0.3) is 0 Å². The van der Waals surface area contributed by atoms with Crippen molar-refractivity contribution in [2.75, 3.05) is 19.6 Å². The molecule has 2 heteroatoms. The van der Waals surface area contributed by atoms with Gasteiger partial charge in [0.2, 0.25) is 0 Å². The third-order valence-corrected chi connectivity index (χ3v) is 4.90. The van der Waals surface area contributed by atoms with E-state index in [2.05, 4.69) is 37.9 Å². The number of hydrogen-bond donors (Lipinski definition) is 1.